The highest BCUT2D eigenvalue weighted by Gasteiger charge is 2.61. The van der Waals surface area contributed by atoms with E-state index in [-0.39, 0.29) is 11.9 Å². The lowest BCUT2D eigenvalue weighted by Crippen LogP contribution is -2.53. The molecule has 0 aromatic heterocycles. The fourth-order valence-electron chi connectivity index (χ4n) is 4.80. The molecule has 0 aromatic carbocycles. The van der Waals surface area contributed by atoms with Gasteiger partial charge in [-0.15, -0.1) is 0 Å². The van der Waals surface area contributed by atoms with E-state index in [1.807, 2.05) is 0 Å². The van der Waals surface area contributed by atoms with E-state index in [0.717, 1.165) is 31.7 Å². The largest absolute Gasteiger partial charge is 0.355 e. The minimum atomic E-state index is 0.0412. The topological polar surface area (TPSA) is 41.1 Å². The smallest absolute Gasteiger partial charge is 0.237 e. The van der Waals surface area contributed by atoms with Crippen molar-refractivity contribution in [1.82, 2.24) is 10.6 Å². The van der Waals surface area contributed by atoms with Gasteiger partial charge in [0.25, 0.3) is 0 Å². The Bertz CT molecular complexity index is 379. The molecule has 3 aliphatic rings. The average Bonchev–Trinajstić information content (AvgIpc) is 2.59. The van der Waals surface area contributed by atoms with Gasteiger partial charge in [-0.05, 0) is 55.3 Å². The third-order valence-corrected chi connectivity index (χ3v) is 6.73. The van der Waals surface area contributed by atoms with Gasteiger partial charge in [0.1, 0.15) is 0 Å². The van der Waals surface area contributed by atoms with E-state index in [0.29, 0.717) is 16.9 Å². The van der Waals surface area contributed by atoms with Crippen LogP contribution in [0.5, 0.6) is 0 Å². The first-order chi connectivity index (χ1) is 8.95. The summed E-state index contributed by atoms with van der Waals surface area (Å²) in [6, 6.07) is 0.564. The van der Waals surface area contributed by atoms with Crippen molar-refractivity contribution in [2.45, 2.75) is 71.4 Å². The first-order valence-corrected chi connectivity index (χ1v) is 7.99. The van der Waals surface area contributed by atoms with Crippen molar-refractivity contribution in [3.05, 3.63) is 0 Å². The maximum atomic E-state index is 12.1. The fraction of sp³-hybridized carbons (Fsp3) is 0.938. The molecule has 4 unspecified atom stereocenters. The molecule has 19 heavy (non-hydrogen) atoms. The molecule has 2 bridgehead atoms. The minimum Gasteiger partial charge on any atom is -0.355 e. The molecular formula is C16H28N2O. The summed E-state index contributed by atoms with van der Waals surface area (Å²) in [7, 11) is 0. The number of amides is 1. The molecule has 0 spiro atoms. The summed E-state index contributed by atoms with van der Waals surface area (Å²) in [6.45, 7) is 8.15. The van der Waals surface area contributed by atoms with Crippen LogP contribution in [-0.2, 0) is 4.79 Å². The molecular weight excluding hydrogens is 236 g/mol. The molecule has 3 heteroatoms. The number of carbonyl (C=O) groups is 1. The van der Waals surface area contributed by atoms with Gasteiger partial charge in [0, 0.05) is 12.6 Å². The average molecular weight is 264 g/mol. The summed E-state index contributed by atoms with van der Waals surface area (Å²) in [4.78, 5) is 12.1. The molecule has 3 rings (SSSR count). The Morgan fingerprint density at radius 2 is 2.00 bits per heavy atom. The second-order valence-electron chi connectivity index (χ2n) is 7.67. The van der Waals surface area contributed by atoms with Crippen molar-refractivity contribution in [2.24, 2.45) is 16.7 Å². The molecule has 2 saturated carbocycles. The van der Waals surface area contributed by atoms with Crippen molar-refractivity contribution in [2.75, 3.05) is 6.54 Å². The van der Waals surface area contributed by atoms with Crippen LogP contribution in [-0.4, -0.2) is 24.5 Å². The van der Waals surface area contributed by atoms with E-state index < -0.39 is 0 Å². The quantitative estimate of drug-likeness (QED) is 0.804. The Morgan fingerprint density at radius 3 is 2.63 bits per heavy atom. The molecule has 1 heterocycles. The number of rotatable bonds is 2. The highest BCUT2D eigenvalue weighted by Crippen LogP contribution is 2.65. The van der Waals surface area contributed by atoms with Gasteiger partial charge in [-0.3, -0.25) is 4.79 Å². The highest BCUT2D eigenvalue weighted by atomic mass is 16.2. The lowest BCUT2D eigenvalue weighted by atomic mass is 9.69. The molecule has 3 fully saturated rings. The first-order valence-electron chi connectivity index (χ1n) is 7.99. The molecule has 3 nitrogen and oxygen atoms in total. The summed E-state index contributed by atoms with van der Waals surface area (Å²) in [5.74, 6) is 1.06. The Hall–Kier alpha value is -0.570. The van der Waals surface area contributed by atoms with Gasteiger partial charge >= 0.3 is 0 Å². The normalized spacial score (nSPS) is 45.0. The molecule has 108 valence electrons. The Labute approximate surface area is 116 Å². The molecule has 0 aromatic rings. The second kappa shape index (κ2) is 4.47. The van der Waals surface area contributed by atoms with Crippen molar-refractivity contribution in [1.29, 1.82) is 0 Å². The Kier molecular flexibility index (Phi) is 3.16. The van der Waals surface area contributed by atoms with E-state index >= 15 is 0 Å². The van der Waals surface area contributed by atoms with E-state index in [2.05, 4.69) is 31.4 Å². The van der Waals surface area contributed by atoms with Crippen molar-refractivity contribution in [3.8, 4) is 0 Å². The van der Waals surface area contributed by atoms with E-state index in [9.17, 15) is 4.79 Å². The number of hydrogen-bond acceptors (Lipinski definition) is 2. The maximum Gasteiger partial charge on any atom is 0.237 e. The maximum absolute atomic E-state index is 12.1. The van der Waals surface area contributed by atoms with Gasteiger partial charge < -0.3 is 10.6 Å². The molecule has 0 radical (unpaired) electrons. The van der Waals surface area contributed by atoms with Gasteiger partial charge in [0.15, 0.2) is 0 Å². The fourth-order valence-corrected chi connectivity index (χ4v) is 4.80. The summed E-state index contributed by atoms with van der Waals surface area (Å²) < 4.78 is 0. The highest BCUT2D eigenvalue weighted by molar-refractivity contribution is 5.82. The second-order valence-corrected chi connectivity index (χ2v) is 7.67. The first kappa shape index (κ1) is 13.4. The number of nitrogens with one attached hydrogen (secondary N) is 2. The van der Waals surface area contributed by atoms with Crippen LogP contribution in [0.2, 0.25) is 0 Å². The standard InChI is InChI=1S/C16H28N2O/c1-15(2)11-7-8-16(15,3)13(10-11)18-12-6-4-5-9-17-14(12)19/h11-13,18H,4-10H2,1-3H3,(H,17,19). The number of hydrogen-bond donors (Lipinski definition) is 2. The number of carbonyl (C=O) groups excluding carboxylic acids is 1. The molecule has 1 saturated heterocycles. The van der Waals surface area contributed by atoms with Crippen LogP contribution in [0.4, 0.5) is 0 Å². The summed E-state index contributed by atoms with van der Waals surface area (Å²) >= 11 is 0. The van der Waals surface area contributed by atoms with Crippen molar-refractivity contribution >= 4 is 5.91 Å². The van der Waals surface area contributed by atoms with Crippen molar-refractivity contribution < 1.29 is 4.79 Å². The SMILES string of the molecule is CC1(C)C2CCC1(C)C(NC1CCCCNC1=O)C2. The summed E-state index contributed by atoms with van der Waals surface area (Å²) in [6.07, 6.45) is 7.23. The molecule has 1 aliphatic heterocycles. The molecule has 4 atom stereocenters. The lowest BCUT2D eigenvalue weighted by Gasteiger charge is -2.40. The van der Waals surface area contributed by atoms with E-state index in [1.165, 1.54) is 19.3 Å². The van der Waals surface area contributed by atoms with Crippen LogP contribution in [0.1, 0.15) is 59.3 Å². The van der Waals surface area contributed by atoms with E-state index in [4.69, 9.17) is 0 Å². The van der Waals surface area contributed by atoms with Crippen LogP contribution in [0.15, 0.2) is 0 Å². The third kappa shape index (κ3) is 1.93. The summed E-state index contributed by atoms with van der Waals surface area (Å²) in [5.41, 5.74) is 0.788. The predicted octanol–water partition coefficient (Wildman–Crippen LogP) is 2.46. The zero-order valence-electron chi connectivity index (χ0n) is 12.6. The Balaban J connectivity index is 1.73. The van der Waals surface area contributed by atoms with Crippen molar-refractivity contribution in [3.63, 3.8) is 0 Å². The molecule has 2 N–H and O–H groups in total. The van der Waals surface area contributed by atoms with Crippen LogP contribution in [0.3, 0.4) is 0 Å². The molecule has 1 amide bonds. The van der Waals surface area contributed by atoms with Gasteiger partial charge in [-0.25, -0.2) is 0 Å². The van der Waals surface area contributed by atoms with Crippen LogP contribution >= 0.6 is 0 Å². The van der Waals surface area contributed by atoms with Gasteiger partial charge in [-0.1, -0.05) is 20.8 Å². The minimum absolute atomic E-state index is 0.0412. The van der Waals surface area contributed by atoms with Crippen LogP contribution < -0.4 is 10.6 Å². The summed E-state index contributed by atoms with van der Waals surface area (Å²) in [5, 5.41) is 6.77. The van der Waals surface area contributed by atoms with Gasteiger partial charge in [0.2, 0.25) is 5.91 Å². The third-order valence-electron chi connectivity index (χ3n) is 6.73. The number of fused-ring (bicyclic) bond motifs is 2. The van der Waals surface area contributed by atoms with E-state index in [1.54, 1.807) is 0 Å². The molecule has 2 aliphatic carbocycles. The predicted molar refractivity (Wildman–Crippen MR) is 76.8 cm³/mol. The zero-order chi connectivity index (χ0) is 13.7. The Morgan fingerprint density at radius 1 is 1.21 bits per heavy atom. The van der Waals surface area contributed by atoms with Crippen LogP contribution in [0, 0.1) is 16.7 Å². The lowest BCUT2D eigenvalue weighted by molar-refractivity contribution is -0.123. The zero-order valence-corrected chi connectivity index (χ0v) is 12.6. The monoisotopic (exact) mass is 264 g/mol. The van der Waals surface area contributed by atoms with Gasteiger partial charge in [-0.2, -0.15) is 0 Å². The van der Waals surface area contributed by atoms with Crippen LogP contribution in [0.25, 0.3) is 0 Å². The van der Waals surface area contributed by atoms with Gasteiger partial charge in [0.05, 0.1) is 6.04 Å².